The van der Waals surface area contributed by atoms with Gasteiger partial charge in [0.25, 0.3) is 0 Å². The molecule has 1 fully saturated rings. The van der Waals surface area contributed by atoms with E-state index in [0.717, 1.165) is 35.5 Å². The molecule has 8 heteroatoms. The number of anilines is 2. The minimum Gasteiger partial charge on any atom is -0.465 e. The molecule has 0 spiro atoms. The van der Waals surface area contributed by atoms with Crippen molar-refractivity contribution in [3.63, 3.8) is 0 Å². The third kappa shape index (κ3) is 4.44. The zero-order chi connectivity index (χ0) is 21.1. The molecule has 2 heterocycles. The molecule has 1 amide bonds. The highest BCUT2D eigenvalue weighted by atomic mass is 32.1. The summed E-state index contributed by atoms with van der Waals surface area (Å²) in [5, 5.41) is 3.57. The van der Waals surface area contributed by atoms with Crippen molar-refractivity contribution in [3.05, 3.63) is 54.1 Å². The van der Waals surface area contributed by atoms with E-state index in [4.69, 9.17) is 4.74 Å². The number of aromatic nitrogens is 1. The van der Waals surface area contributed by atoms with Gasteiger partial charge < -0.3 is 15.0 Å². The molecule has 0 saturated carbocycles. The number of methoxy groups -OCH3 is 1. The summed E-state index contributed by atoms with van der Waals surface area (Å²) in [6.45, 7) is 4.88. The number of para-hydroxylation sites is 1. The van der Waals surface area contributed by atoms with E-state index in [1.165, 1.54) is 18.4 Å². The van der Waals surface area contributed by atoms with E-state index in [1.54, 1.807) is 12.1 Å². The number of carbonyl (C=O) groups is 2. The summed E-state index contributed by atoms with van der Waals surface area (Å²) >= 11 is 1.49. The number of benzene rings is 2. The maximum atomic E-state index is 12.5. The molecule has 1 saturated heterocycles. The lowest BCUT2D eigenvalue weighted by Gasteiger charge is -2.40. The first kappa shape index (κ1) is 20.3. The minimum absolute atomic E-state index is 0.0446. The molecule has 1 N–H and O–H groups in total. The smallest absolute Gasteiger partial charge is 0.337 e. The summed E-state index contributed by atoms with van der Waals surface area (Å²) in [6, 6.07) is 15.5. The van der Waals surface area contributed by atoms with Crippen molar-refractivity contribution in [2.24, 2.45) is 0 Å². The van der Waals surface area contributed by atoms with E-state index in [0.29, 0.717) is 17.2 Å². The van der Waals surface area contributed by atoms with Gasteiger partial charge in [-0.15, -0.1) is 0 Å². The number of ether oxygens (including phenoxy) is 1. The first-order chi connectivity index (χ1) is 14.5. The average Bonchev–Trinajstić information content (AvgIpc) is 3.16. The van der Waals surface area contributed by atoms with Crippen LogP contribution in [0.2, 0.25) is 0 Å². The monoisotopic (exact) mass is 424 g/mol. The zero-order valence-electron chi connectivity index (χ0n) is 17.0. The van der Waals surface area contributed by atoms with Gasteiger partial charge in [0.05, 0.1) is 29.4 Å². The van der Waals surface area contributed by atoms with Gasteiger partial charge in [0.2, 0.25) is 5.91 Å². The molecule has 1 unspecified atom stereocenters. The van der Waals surface area contributed by atoms with Crippen molar-refractivity contribution in [2.75, 3.05) is 43.5 Å². The normalized spacial score (nSPS) is 17.1. The van der Waals surface area contributed by atoms with Gasteiger partial charge >= 0.3 is 5.97 Å². The SMILES string of the molecule is COC(=O)c1ccc(N2CCN(CC(=O)Nc3nc4ccccc4s3)C(C)C2)cc1. The van der Waals surface area contributed by atoms with Gasteiger partial charge in [-0.2, -0.15) is 0 Å². The molecule has 3 aromatic rings. The molecule has 156 valence electrons. The van der Waals surface area contributed by atoms with Crippen LogP contribution < -0.4 is 10.2 Å². The lowest BCUT2D eigenvalue weighted by molar-refractivity contribution is -0.117. The second-order valence-electron chi connectivity index (χ2n) is 7.34. The molecule has 0 bridgehead atoms. The second-order valence-corrected chi connectivity index (χ2v) is 8.37. The second kappa shape index (κ2) is 8.81. The van der Waals surface area contributed by atoms with Crippen LogP contribution in [0.3, 0.4) is 0 Å². The van der Waals surface area contributed by atoms with Crippen LogP contribution in [-0.2, 0) is 9.53 Å². The summed E-state index contributed by atoms with van der Waals surface area (Å²) in [6.07, 6.45) is 0. The number of nitrogens with one attached hydrogen (secondary N) is 1. The van der Waals surface area contributed by atoms with Crippen molar-refractivity contribution in [3.8, 4) is 0 Å². The van der Waals surface area contributed by atoms with Gasteiger partial charge in [0.1, 0.15) is 0 Å². The van der Waals surface area contributed by atoms with Crippen LogP contribution >= 0.6 is 11.3 Å². The molecule has 7 nitrogen and oxygen atoms in total. The highest BCUT2D eigenvalue weighted by Crippen LogP contribution is 2.25. The van der Waals surface area contributed by atoms with Crippen LogP contribution in [0.25, 0.3) is 10.2 Å². The molecule has 0 aliphatic carbocycles. The Balaban J connectivity index is 1.32. The van der Waals surface area contributed by atoms with E-state index in [9.17, 15) is 9.59 Å². The number of nitrogens with zero attached hydrogens (tertiary/aromatic N) is 3. The van der Waals surface area contributed by atoms with Gasteiger partial charge in [-0.25, -0.2) is 9.78 Å². The number of amides is 1. The predicted molar refractivity (Wildman–Crippen MR) is 119 cm³/mol. The zero-order valence-corrected chi connectivity index (χ0v) is 17.8. The summed E-state index contributed by atoms with van der Waals surface area (Å²) < 4.78 is 5.81. The minimum atomic E-state index is -0.334. The Morgan fingerprint density at radius 1 is 1.17 bits per heavy atom. The number of esters is 1. The number of hydrogen-bond donors (Lipinski definition) is 1. The fraction of sp³-hybridized carbons (Fsp3) is 0.318. The van der Waals surface area contributed by atoms with Gasteiger partial charge in [0, 0.05) is 31.4 Å². The Labute approximate surface area is 179 Å². The summed E-state index contributed by atoms with van der Waals surface area (Å²) in [5.74, 6) is -0.379. The Hall–Kier alpha value is -2.97. The summed E-state index contributed by atoms with van der Waals surface area (Å²) in [7, 11) is 1.38. The predicted octanol–water partition coefficient (Wildman–Crippen LogP) is 3.23. The van der Waals surface area contributed by atoms with E-state index < -0.39 is 0 Å². The number of carbonyl (C=O) groups excluding carboxylic acids is 2. The Morgan fingerprint density at radius 3 is 2.63 bits per heavy atom. The summed E-state index contributed by atoms with van der Waals surface area (Å²) in [5.41, 5.74) is 2.51. The molecule has 4 rings (SSSR count). The Kier molecular flexibility index (Phi) is 5.96. The van der Waals surface area contributed by atoms with Crippen molar-refractivity contribution in [2.45, 2.75) is 13.0 Å². The lowest BCUT2D eigenvalue weighted by atomic mass is 10.1. The first-order valence-corrected chi connectivity index (χ1v) is 10.7. The quantitative estimate of drug-likeness (QED) is 0.634. The fourth-order valence-electron chi connectivity index (χ4n) is 3.66. The third-order valence-electron chi connectivity index (χ3n) is 5.31. The fourth-order valence-corrected chi connectivity index (χ4v) is 4.54. The molecular formula is C22H24N4O3S. The van der Waals surface area contributed by atoms with E-state index in [2.05, 4.69) is 27.0 Å². The van der Waals surface area contributed by atoms with E-state index in [-0.39, 0.29) is 17.9 Å². The molecule has 0 radical (unpaired) electrons. The maximum absolute atomic E-state index is 12.5. The van der Waals surface area contributed by atoms with Crippen LogP contribution in [0.1, 0.15) is 17.3 Å². The topological polar surface area (TPSA) is 74.8 Å². The van der Waals surface area contributed by atoms with E-state index in [1.807, 2.05) is 36.4 Å². The molecule has 30 heavy (non-hydrogen) atoms. The standard InChI is InChI=1S/C22H24N4O3S/c1-15-13-26(17-9-7-16(8-10-17)21(28)29-2)12-11-25(15)14-20(27)24-22-23-18-5-3-4-6-19(18)30-22/h3-10,15H,11-14H2,1-2H3,(H,23,24,27). The Morgan fingerprint density at radius 2 is 1.93 bits per heavy atom. The molecule has 1 atom stereocenters. The highest BCUT2D eigenvalue weighted by molar-refractivity contribution is 7.22. The van der Waals surface area contributed by atoms with Gasteiger partial charge in [-0.1, -0.05) is 23.5 Å². The van der Waals surface area contributed by atoms with Gasteiger partial charge in [0.15, 0.2) is 5.13 Å². The number of fused-ring (bicyclic) bond motifs is 1. The van der Waals surface area contributed by atoms with Crippen molar-refractivity contribution >= 4 is 44.2 Å². The van der Waals surface area contributed by atoms with Crippen LogP contribution in [0.5, 0.6) is 0 Å². The molecular weight excluding hydrogens is 400 g/mol. The van der Waals surface area contributed by atoms with Crippen molar-refractivity contribution < 1.29 is 14.3 Å². The van der Waals surface area contributed by atoms with E-state index >= 15 is 0 Å². The lowest BCUT2D eigenvalue weighted by Crippen LogP contribution is -2.53. The van der Waals surface area contributed by atoms with Crippen LogP contribution in [0.15, 0.2) is 48.5 Å². The largest absolute Gasteiger partial charge is 0.465 e. The number of thiazole rings is 1. The highest BCUT2D eigenvalue weighted by Gasteiger charge is 2.26. The molecule has 1 aliphatic heterocycles. The average molecular weight is 425 g/mol. The Bertz CT molecular complexity index is 1020. The van der Waals surface area contributed by atoms with Crippen molar-refractivity contribution in [1.29, 1.82) is 0 Å². The third-order valence-corrected chi connectivity index (χ3v) is 6.26. The van der Waals surface area contributed by atoms with Gasteiger partial charge in [-0.05, 0) is 43.3 Å². The maximum Gasteiger partial charge on any atom is 0.337 e. The first-order valence-electron chi connectivity index (χ1n) is 9.86. The molecule has 1 aromatic heterocycles. The summed E-state index contributed by atoms with van der Waals surface area (Å²) in [4.78, 5) is 33.1. The number of piperazine rings is 1. The molecule has 2 aromatic carbocycles. The van der Waals surface area contributed by atoms with Crippen molar-refractivity contribution in [1.82, 2.24) is 9.88 Å². The number of hydrogen-bond acceptors (Lipinski definition) is 7. The number of rotatable bonds is 5. The van der Waals surface area contributed by atoms with Crippen LogP contribution in [0.4, 0.5) is 10.8 Å². The van der Waals surface area contributed by atoms with Crippen LogP contribution in [0, 0.1) is 0 Å². The van der Waals surface area contributed by atoms with Crippen LogP contribution in [-0.4, -0.2) is 61.1 Å². The van der Waals surface area contributed by atoms with Gasteiger partial charge in [-0.3, -0.25) is 9.69 Å². The molecule has 1 aliphatic rings.